The number of carbonyl (C=O) groups is 1. The predicted molar refractivity (Wildman–Crippen MR) is 139 cm³/mol. The van der Waals surface area contributed by atoms with Gasteiger partial charge in [0.15, 0.2) is 10.6 Å². The first kappa shape index (κ1) is 22.8. The van der Waals surface area contributed by atoms with Crippen molar-refractivity contribution in [3.05, 3.63) is 58.9 Å². The number of aryl methyl sites for hydroxylation is 1. The molecule has 2 fully saturated rings. The van der Waals surface area contributed by atoms with Crippen molar-refractivity contribution < 1.29 is 4.79 Å². The molecule has 8 heteroatoms. The van der Waals surface area contributed by atoms with Crippen LogP contribution in [0.3, 0.4) is 0 Å². The highest BCUT2D eigenvalue weighted by Gasteiger charge is 2.26. The van der Waals surface area contributed by atoms with Crippen molar-refractivity contribution in [1.82, 2.24) is 19.7 Å². The van der Waals surface area contributed by atoms with Gasteiger partial charge in [-0.2, -0.15) is 5.10 Å². The number of piperazine rings is 1. The molecule has 2 aromatic carbocycles. The molecule has 0 unspecified atom stereocenters. The molecular weight excluding hydrogens is 444 g/mol. The van der Waals surface area contributed by atoms with Crippen LogP contribution in [-0.4, -0.2) is 58.3 Å². The molecule has 1 amide bonds. The van der Waals surface area contributed by atoms with Gasteiger partial charge in [-0.25, -0.2) is 0 Å². The summed E-state index contributed by atoms with van der Waals surface area (Å²) in [5.74, 6) is 1.65. The van der Waals surface area contributed by atoms with Crippen molar-refractivity contribution in [3.63, 3.8) is 0 Å². The maximum absolute atomic E-state index is 12.7. The van der Waals surface area contributed by atoms with Crippen LogP contribution in [0.2, 0.25) is 0 Å². The Kier molecular flexibility index (Phi) is 6.78. The molecule has 1 aromatic heterocycles. The van der Waals surface area contributed by atoms with Gasteiger partial charge >= 0.3 is 0 Å². The molecule has 3 aromatic rings. The third kappa shape index (κ3) is 5.56. The number of amides is 1. The maximum atomic E-state index is 12.7. The predicted octanol–water partition coefficient (Wildman–Crippen LogP) is 4.48. The normalized spacial score (nSPS) is 16.6. The monoisotopic (exact) mass is 476 g/mol. The van der Waals surface area contributed by atoms with E-state index in [9.17, 15) is 4.79 Å². The summed E-state index contributed by atoms with van der Waals surface area (Å²) in [6.45, 7) is 8.07. The molecule has 0 bridgehead atoms. The molecule has 0 atom stereocenters. The SMILES string of the molecule is Cc1ccc(-c2n[nH]c(=S)n2CCC(=O)Nc2cccc(N3CCN(CC4CC4)CC3)c2)cc1. The standard InChI is InChI=1S/C26H32N6OS/c1-19-5-9-21(10-6-19)25-28-29-26(34)32(25)12-11-24(33)27-22-3-2-4-23(17-22)31-15-13-30(14-16-31)18-20-7-8-20/h2-6,9-10,17,20H,7-8,11-16,18H2,1H3,(H,27,33)(H,29,34). The molecule has 2 N–H and O–H groups in total. The second-order valence-electron chi connectivity index (χ2n) is 9.45. The molecule has 0 spiro atoms. The molecular formula is C26H32N6OS. The third-order valence-corrected chi connectivity index (χ3v) is 7.02. The van der Waals surface area contributed by atoms with Gasteiger partial charge in [0, 0.05) is 62.6 Å². The second-order valence-corrected chi connectivity index (χ2v) is 9.84. The van der Waals surface area contributed by atoms with E-state index in [-0.39, 0.29) is 5.91 Å². The van der Waals surface area contributed by atoms with Gasteiger partial charge in [-0.3, -0.25) is 19.4 Å². The lowest BCUT2D eigenvalue weighted by Gasteiger charge is -2.36. The molecule has 7 nitrogen and oxygen atoms in total. The van der Waals surface area contributed by atoms with E-state index in [1.165, 1.54) is 30.6 Å². The highest BCUT2D eigenvalue weighted by atomic mass is 32.1. The summed E-state index contributed by atoms with van der Waals surface area (Å²) in [6.07, 6.45) is 3.13. The van der Waals surface area contributed by atoms with Gasteiger partial charge in [0.1, 0.15) is 0 Å². The van der Waals surface area contributed by atoms with Gasteiger partial charge < -0.3 is 10.2 Å². The van der Waals surface area contributed by atoms with E-state index in [1.807, 2.05) is 41.0 Å². The number of nitrogens with one attached hydrogen (secondary N) is 2. The van der Waals surface area contributed by atoms with Gasteiger partial charge in [-0.1, -0.05) is 35.9 Å². The van der Waals surface area contributed by atoms with Crippen molar-refractivity contribution in [2.24, 2.45) is 5.92 Å². The fourth-order valence-electron chi connectivity index (χ4n) is 4.52. The van der Waals surface area contributed by atoms with Crippen molar-refractivity contribution in [2.45, 2.75) is 32.7 Å². The number of hydrogen-bond acceptors (Lipinski definition) is 5. The van der Waals surface area contributed by atoms with E-state index in [4.69, 9.17) is 12.2 Å². The average molecular weight is 477 g/mol. The Hall–Kier alpha value is -2.97. The number of nitrogens with zero attached hydrogens (tertiary/aromatic N) is 4. The Morgan fingerprint density at radius 2 is 1.88 bits per heavy atom. The van der Waals surface area contributed by atoms with Crippen molar-refractivity contribution >= 4 is 29.5 Å². The maximum Gasteiger partial charge on any atom is 0.226 e. The molecule has 1 saturated carbocycles. The van der Waals surface area contributed by atoms with Crippen LogP contribution in [0, 0.1) is 17.6 Å². The van der Waals surface area contributed by atoms with Gasteiger partial charge in [0.05, 0.1) is 0 Å². The summed E-state index contributed by atoms with van der Waals surface area (Å²) in [5, 5.41) is 10.3. The lowest BCUT2D eigenvalue weighted by Crippen LogP contribution is -2.47. The van der Waals surface area contributed by atoms with Gasteiger partial charge in [-0.15, -0.1) is 0 Å². The van der Waals surface area contributed by atoms with Crippen LogP contribution in [0.4, 0.5) is 11.4 Å². The Bertz CT molecular complexity index is 1190. The summed E-state index contributed by atoms with van der Waals surface area (Å²) >= 11 is 5.41. The Morgan fingerprint density at radius 1 is 1.12 bits per heavy atom. The van der Waals surface area contributed by atoms with Crippen LogP contribution in [0.15, 0.2) is 48.5 Å². The third-order valence-electron chi connectivity index (χ3n) is 6.71. The second kappa shape index (κ2) is 10.1. The number of carbonyl (C=O) groups excluding carboxylic acids is 1. The minimum atomic E-state index is -0.0376. The Morgan fingerprint density at radius 3 is 2.62 bits per heavy atom. The topological polar surface area (TPSA) is 69.2 Å². The first-order chi connectivity index (χ1) is 16.5. The van der Waals surface area contributed by atoms with Crippen LogP contribution < -0.4 is 10.2 Å². The van der Waals surface area contributed by atoms with Crippen LogP contribution >= 0.6 is 12.2 Å². The lowest BCUT2D eigenvalue weighted by atomic mass is 10.1. The van der Waals surface area contributed by atoms with Crippen LogP contribution in [0.25, 0.3) is 11.4 Å². The molecule has 1 aliphatic carbocycles. The Balaban J connectivity index is 1.17. The molecule has 1 aliphatic heterocycles. The van der Waals surface area contributed by atoms with E-state index < -0.39 is 0 Å². The molecule has 2 aliphatic rings. The van der Waals surface area contributed by atoms with Gasteiger partial charge in [-0.05, 0) is 56.1 Å². The fraction of sp³-hybridized carbons (Fsp3) is 0.423. The molecule has 178 valence electrons. The summed E-state index contributed by atoms with van der Waals surface area (Å²) in [7, 11) is 0. The van der Waals surface area contributed by atoms with E-state index in [1.54, 1.807) is 0 Å². The molecule has 0 radical (unpaired) electrons. The smallest absolute Gasteiger partial charge is 0.226 e. The van der Waals surface area contributed by atoms with Gasteiger partial charge in [0.2, 0.25) is 5.91 Å². The number of aromatic amines is 1. The van der Waals surface area contributed by atoms with Crippen molar-refractivity contribution in [3.8, 4) is 11.4 Å². The Labute approximate surface area is 205 Å². The zero-order valence-electron chi connectivity index (χ0n) is 19.7. The lowest BCUT2D eigenvalue weighted by molar-refractivity contribution is -0.116. The number of hydrogen-bond donors (Lipinski definition) is 2. The minimum Gasteiger partial charge on any atom is -0.369 e. The van der Waals surface area contributed by atoms with E-state index >= 15 is 0 Å². The minimum absolute atomic E-state index is 0.0376. The summed E-state index contributed by atoms with van der Waals surface area (Å²) in [4.78, 5) is 17.7. The zero-order chi connectivity index (χ0) is 23.5. The molecule has 5 rings (SSSR count). The van der Waals surface area contributed by atoms with Crippen LogP contribution in [0.1, 0.15) is 24.8 Å². The quantitative estimate of drug-likeness (QED) is 0.469. The van der Waals surface area contributed by atoms with Crippen LogP contribution in [-0.2, 0) is 11.3 Å². The summed E-state index contributed by atoms with van der Waals surface area (Å²) in [5.41, 5.74) is 4.16. The highest BCUT2D eigenvalue weighted by molar-refractivity contribution is 7.71. The number of H-pyrrole nitrogens is 1. The van der Waals surface area contributed by atoms with Crippen molar-refractivity contribution in [2.75, 3.05) is 42.9 Å². The molecule has 34 heavy (non-hydrogen) atoms. The summed E-state index contributed by atoms with van der Waals surface area (Å²) in [6, 6.07) is 16.3. The first-order valence-corrected chi connectivity index (χ1v) is 12.6. The van der Waals surface area contributed by atoms with E-state index in [0.717, 1.165) is 49.2 Å². The van der Waals surface area contributed by atoms with Crippen molar-refractivity contribution in [1.29, 1.82) is 0 Å². The summed E-state index contributed by atoms with van der Waals surface area (Å²) < 4.78 is 2.41. The highest BCUT2D eigenvalue weighted by Crippen LogP contribution is 2.30. The van der Waals surface area contributed by atoms with E-state index in [0.29, 0.717) is 17.7 Å². The fourth-order valence-corrected chi connectivity index (χ4v) is 4.74. The average Bonchev–Trinajstić information content (AvgIpc) is 3.59. The number of benzene rings is 2. The zero-order valence-corrected chi connectivity index (χ0v) is 20.5. The van der Waals surface area contributed by atoms with Crippen LogP contribution in [0.5, 0.6) is 0 Å². The number of anilines is 2. The number of rotatable bonds is 8. The van der Waals surface area contributed by atoms with Gasteiger partial charge in [0.25, 0.3) is 0 Å². The van der Waals surface area contributed by atoms with E-state index in [2.05, 4.69) is 44.4 Å². The largest absolute Gasteiger partial charge is 0.369 e. The molecule has 2 heterocycles. The number of aromatic nitrogens is 3. The first-order valence-electron chi connectivity index (χ1n) is 12.1. The molecule has 1 saturated heterocycles.